The van der Waals surface area contributed by atoms with Gasteiger partial charge in [-0.25, -0.2) is 4.68 Å². The number of anilines is 1. The second kappa shape index (κ2) is 5.51. The van der Waals surface area contributed by atoms with Crippen molar-refractivity contribution >= 4 is 11.6 Å². The lowest BCUT2D eigenvalue weighted by Crippen LogP contribution is -2.20. The third-order valence-corrected chi connectivity index (χ3v) is 4.50. The Morgan fingerprint density at radius 3 is 2.77 bits per heavy atom. The predicted molar refractivity (Wildman–Crippen MR) is 82.1 cm³/mol. The van der Waals surface area contributed by atoms with Crippen LogP contribution >= 0.6 is 0 Å². The van der Waals surface area contributed by atoms with E-state index in [-0.39, 0.29) is 11.8 Å². The molecular weight excluding hydrogens is 278 g/mol. The van der Waals surface area contributed by atoms with Crippen LogP contribution in [0, 0.1) is 5.92 Å². The summed E-state index contributed by atoms with van der Waals surface area (Å²) in [4.78, 5) is 12.2. The van der Waals surface area contributed by atoms with Crippen molar-refractivity contribution in [2.45, 2.75) is 44.6 Å². The first kappa shape index (κ1) is 13.4. The maximum atomic E-state index is 12.2. The molecule has 2 aliphatic rings. The molecule has 0 bridgehead atoms. The standard InChI is InChI=1S/C16H19N5O/c22-16(11-4-1-2-5-11)17-13-7-3-6-12(10-13)15-18-19-20-21(15)14-8-9-14/h3,6-7,10-11,14H,1-2,4-5,8-9H2,(H,17,22). The third-order valence-electron chi connectivity index (χ3n) is 4.50. The van der Waals surface area contributed by atoms with Crippen molar-refractivity contribution in [1.82, 2.24) is 20.2 Å². The zero-order valence-electron chi connectivity index (χ0n) is 12.4. The van der Waals surface area contributed by atoms with Gasteiger partial charge in [0.15, 0.2) is 5.82 Å². The van der Waals surface area contributed by atoms with Gasteiger partial charge >= 0.3 is 0 Å². The highest BCUT2D eigenvalue weighted by atomic mass is 16.1. The fourth-order valence-corrected chi connectivity index (χ4v) is 3.12. The largest absolute Gasteiger partial charge is 0.326 e. The molecule has 2 saturated carbocycles. The molecule has 1 N–H and O–H groups in total. The number of hydrogen-bond donors (Lipinski definition) is 1. The summed E-state index contributed by atoms with van der Waals surface area (Å²) in [6, 6.07) is 8.22. The molecule has 22 heavy (non-hydrogen) atoms. The topological polar surface area (TPSA) is 72.7 Å². The second-order valence-electron chi connectivity index (χ2n) is 6.23. The number of nitrogens with zero attached hydrogens (tertiary/aromatic N) is 4. The Hall–Kier alpha value is -2.24. The average Bonchev–Trinajstić information content (AvgIpc) is 3.05. The Labute approximate surface area is 128 Å². The van der Waals surface area contributed by atoms with Crippen molar-refractivity contribution in [3.63, 3.8) is 0 Å². The van der Waals surface area contributed by atoms with Gasteiger partial charge in [-0.2, -0.15) is 0 Å². The molecule has 0 atom stereocenters. The average molecular weight is 297 g/mol. The number of benzene rings is 1. The van der Waals surface area contributed by atoms with Gasteiger partial charge in [-0.1, -0.05) is 25.0 Å². The maximum Gasteiger partial charge on any atom is 0.227 e. The smallest absolute Gasteiger partial charge is 0.227 e. The number of aromatic nitrogens is 4. The molecule has 2 aliphatic carbocycles. The minimum absolute atomic E-state index is 0.136. The van der Waals surface area contributed by atoms with E-state index >= 15 is 0 Å². The monoisotopic (exact) mass is 297 g/mol. The Morgan fingerprint density at radius 2 is 2.00 bits per heavy atom. The molecule has 0 unspecified atom stereocenters. The van der Waals surface area contributed by atoms with E-state index in [1.54, 1.807) is 0 Å². The number of rotatable bonds is 4. The van der Waals surface area contributed by atoms with Crippen molar-refractivity contribution in [2.75, 3.05) is 5.32 Å². The van der Waals surface area contributed by atoms with Crippen LogP contribution in [0.3, 0.4) is 0 Å². The van der Waals surface area contributed by atoms with Crippen LogP contribution in [0.5, 0.6) is 0 Å². The van der Waals surface area contributed by atoms with Crippen LogP contribution in [0.2, 0.25) is 0 Å². The molecule has 6 heteroatoms. The van der Waals surface area contributed by atoms with E-state index in [0.29, 0.717) is 6.04 Å². The number of hydrogen-bond acceptors (Lipinski definition) is 4. The van der Waals surface area contributed by atoms with Gasteiger partial charge in [0.05, 0.1) is 6.04 Å². The molecule has 4 rings (SSSR count). The fourth-order valence-electron chi connectivity index (χ4n) is 3.12. The molecule has 1 aromatic heterocycles. The molecule has 0 radical (unpaired) electrons. The van der Waals surface area contributed by atoms with E-state index < -0.39 is 0 Å². The van der Waals surface area contributed by atoms with Crippen LogP contribution in [-0.2, 0) is 4.79 Å². The summed E-state index contributed by atoms with van der Waals surface area (Å²) in [7, 11) is 0. The molecular formula is C16H19N5O. The summed E-state index contributed by atoms with van der Waals surface area (Å²) in [6.07, 6.45) is 6.60. The predicted octanol–water partition coefficient (Wildman–Crippen LogP) is 2.80. The third kappa shape index (κ3) is 2.61. The van der Waals surface area contributed by atoms with E-state index in [1.807, 2.05) is 28.9 Å². The first-order valence-corrected chi connectivity index (χ1v) is 8.00. The van der Waals surface area contributed by atoms with Gasteiger partial charge < -0.3 is 5.32 Å². The zero-order chi connectivity index (χ0) is 14.9. The van der Waals surface area contributed by atoms with Gasteiger partial charge in [0.1, 0.15) is 0 Å². The summed E-state index contributed by atoms with van der Waals surface area (Å²) in [5.41, 5.74) is 1.76. The molecule has 1 aromatic carbocycles. The number of nitrogens with one attached hydrogen (secondary N) is 1. The zero-order valence-corrected chi connectivity index (χ0v) is 12.4. The molecule has 1 amide bonds. The highest BCUT2D eigenvalue weighted by Gasteiger charge is 2.28. The lowest BCUT2D eigenvalue weighted by Gasteiger charge is -2.11. The van der Waals surface area contributed by atoms with Gasteiger partial charge in [-0.3, -0.25) is 4.79 Å². The molecule has 0 spiro atoms. The van der Waals surface area contributed by atoms with Crippen LogP contribution in [-0.4, -0.2) is 26.1 Å². The Bertz CT molecular complexity index is 685. The lowest BCUT2D eigenvalue weighted by atomic mass is 10.1. The molecule has 0 saturated heterocycles. The van der Waals surface area contributed by atoms with Crippen molar-refractivity contribution < 1.29 is 4.79 Å². The van der Waals surface area contributed by atoms with Crippen LogP contribution in [0.1, 0.15) is 44.6 Å². The fraction of sp³-hybridized carbons (Fsp3) is 0.500. The highest BCUT2D eigenvalue weighted by Crippen LogP contribution is 2.36. The van der Waals surface area contributed by atoms with Gasteiger partial charge in [-0.05, 0) is 48.2 Å². The molecule has 6 nitrogen and oxygen atoms in total. The summed E-state index contributed by atoms with van der Waals surface area (Å²) in [6.45, 7) is 0. The summed E-state index contributed by atoms with van der Waals surface area (Å²) >= 11 is 0. The normalized spacial score (nSPS) is 18.5. The van der Waals surface area contributed by atoms with E-state index in [2.05, 4.69) is 20.8 Å². The Balaban J connectivity index is 1.55. The van der Waals surface area contributed by atoms with E-state index in [0.717, 1.165) is 55.6 Å². The van der Waals surface area contributed by atoms with Crippen molar-refractivity contribution in [3.8, 4) is 11.4 Å². The maximum absolute atomic E-state index is 12.2. The van der Waals surface area contributed by atoms with Crippen LogP contribution < -0.4 is 5.32 Å². The van der Waals surface area contributed by atoms with Crippen LogP contribution in [0.25, 0.3) is 11.4 Å². The molecule has 114 valence electrons. The summed E-state index contributed by atoms with van der Waals surface area (Å²) in [5, 5.41) is 15.0. The lowest BCUT2D eigenvalue weighted by molar-refractivity contribution is -0.119. The van der Waals surface area contributed by atoms with Gasteiger partial charge in [0.2, 0.25) is 5.91 Å². The van der Waals surface area contributed by atoms with Gasteiger partial charge in [0, 0.05) is 17.2 Å². The number of carbonyl (C=O) groups is 1. The summed E-state index contributed by atoms with van der Waals surface area (Å²) in [5.74, 6) is 1.08. The SMILES string of the molecule is O=C(Nc1cccc(-c2nnnn2C2CC2)c1)C1CCCC1. The minimum Gasteiger partial charge on any atom is -0.326 e. The molecule has 2 aromatic rings. The van der Waals surface area contributed by atoms with Crippen molar-refractivity contribution in [3.05, 3.63) is 24.3 Å². The van der Waals surface area contributed by atoms with Crippen LogP contribution in [0.15, 0.2) is 24.3 Å². The molecule has 2 fully saturated rings. The summed E-state index contributed by atoms with van der Waals surface area (Å²) < 4.78 is 1.89. The first-order chi connectivity index (χ1) is 10.8. The quantitative estimate of drug-likeness (QED) is 0.941. The Kier molecular flexibility index (Phi) is 3.36. The Morgan fingerprint density at radius 1 is 1.18 bits per heavy atom. The van der Waals surface area contributed by atoms with Crippen LogP contribution in [0.4, 0.5) is 5.69 Å². The van der Waals surface area contributed by atoms with E-state index in [1.165, 1.54) is 0 Å². The number of carbonyl (C=O) groups excluding carboxylic acids is 1. The molecule has 0 aliphatic heterocycles. The van der Waals surface area contributed by atoms with Crippen molar-refractivity contribution in [2.24, 2.45) is 5.92 Å². The highest BCUT2D eigenvalue weighted by molar-refractivity contribution is 5.93. The van der Waals surface area contributed by atoms with Crippen molar-refractivity contribution in [1.29, 1.82) is 0 Å². The number of tetrazole rings is 1. The minimum atomic E-state index is 0.136. The molecule has 1 heterocycles. The van der Waals surface area contributed by atoms with E-state index in [4.69, 9.17) is 0 Å². The second-order valence-corrected chi connectivity index (χ2v) is 6.23. The van der Waals surface area contributed by atoms with Gasteiger partial charge in [0.25, 0.3) is 0 Å². The van der Waals surface area contributed by atoms with Gasteiger partial charge in [-0.15, -0.1) is 5.10 Å². The first-order valence-electron chi connectivity index (χ1n) is 8.00. The van der Waals surface area contributed by atoms with E-state index in [9.17, 15) is 4.79 Å². The number of amides is 1.